The summed E-state index contributed by atoms with van der Waals surface area (Å²) in [7, 11) is 0. The average Bonchev–Trinajstić information content (AvgIpc) is 1.35. The number of aliphatic hydroxyl groups excluding tert-OH is 1. The second-order valence-electron chi connectivity index (χ2n) is 1.30. The van der Waals surface area contributed by atoms with Crippen LogP contribution in [-0.2, 0) is 0 Å². The summed E-state index contributed by atoms with van der Waals surface area (Å²) in [6, 6.07) is 0. The summed E-state index contributed by atoms with van der Waals surface area (Å²) in [4.78, 5) is 0. The van der Waals surface area contributed by atoms with Gasteiger partial charge in [-0.15, -0.1) is 0 Å². The van der Waals surface area contributed by atoms with E-state index < -0.39 is 0 Å². The first-order valence-electron chi connectivity index (χ1n) is 1.94. The third-order valence-corrected chi connectivity index (χ3v) is 1.22. The molecular formula is C4H10OS. The first kappa shape index (κ1) is 6.31. The summed E-state index contributed by atoms with van der Waals surface area (Å²) in [6.07, 6.45) is 1.84. The standard InChI is InChI=1S/C4H10OS/c1-4(5)3-6-2/h4-5H,3H2,1-2H3. The molecule has 2 heteroatoms. The molecule has 0 aromatic carbocycles. The Balaban J connectivity index is 2.63. The van der Waals surface area contributed by atoms with Gasteiger partial charge < -0.3 is 5.11 Å². The van der Waals surface area contributed by atoms with E-state index in [-0.39, 0.29) is 6.10 Å². The van der Waals surface area contributed by atoms with Crippen LogP contribution in [-0.4, -0.2) is 23.2 Å². The van der Waals surface area contributed by atoms with Crippen LogP contribution in [0.25, 0.3) is 0 Å². The Morgan fingerprint density at radius 2 is 2.33 bits per heavy atom. The van der Waals surface area contributed by atoms with Gasteiger partial charge in [-0.05, 0) is 13.2 Å². The molecule has 0 amide bonds. The van der Waals surface area contributed by atoms with Crippen molar-refractivity contribution in [3.63, 3.8) is 0 Å². The first-order chi connectivity index (χ1) is 2.77. The van der Waals surface area contributed by atoms with Crippen molar-refractivity contribution in [2.24, 2.45) is 0 Å². The molecule has 0 radical (unpaired) electrons. The summed E-state index contributed by atoms with van der Waals surface area (Å²) < 4.78 is 0. The normalized spacial score (nSPS) is 14.5. The van der Waals surface area contributed by atoms with Gasteiger partial charge in [0.2, 0.25) is 0 Å². The highest BCUT2D eigenvalue weighted by Gasteiger charge is 1.87. The first-order valence-corrected chi connectivity index (χ1v) is 3.33. The van der Waals surface area contributed by atoms with Crippen molar-refractivity contribution in [2.45, 2.75) is 13.0 Å². The highest BCUT2D eigenvalue weighted by atomic mass is 32.2. The summed E-state index contributed by atoms with van der Waals surface area (Å²) in [6.45, 7) is 1.79. The number of rotatable bonds is 2. The molecule has 0 aliphatic carbocycles. The molecule has 0 aromatic rings. The zero-order chi connectivity index (χ0) is 4.99. The van der Waals surface area contributed by atoms with E-state index in [1.54, 1.807) is 18.7 Å². The molecule has 0 fully saturated rings. The molecule has 1 nitrogen and oxygen atoms in total. The molecule has 1 atom stereocenters. The minimum Gasteiger partial charge on any atom is -0.393 e. The van der Waals surface area contributed by atoms with Crippen LogP contribution >= 0.6 is 11.8 Å². The summed E-state index contributed by atoms with van der Waals surface area (Å²) in [5.41, 5.74) is 0. The number of hydrogen-bond acceptors (Lipinski definition) is 2. The SMILES string of the molecule is CSCC(C)O. The van der Waals surface area contributed by atoms with Crippen molar-refractivity contribution >= 4 is 11.8 Å². The number of hydrogen-bond donors (Lipinski definition) is 1. The van der Waals surface area contributed by atoms with Crippen LogP contribution < -0.4 is 0 Å². The molecule has 0 aromatic heterocycles. The van der Waals surface area contributed by atoms with E-state index in [9.17, 15) is 0 Å². The molecule has 0 aliphatic rings. The second-order valence-corrected chi connectivity index (χ2v) is 2.22. The molecule has 1 unspecified atom stereocenters. The Morgan fingerprint density at radius 1 is 1.83 bits per heavy atom. The van der Waals surface area contributed by atoms with E-state index in [2.05, 4.69) is 0 Å². The zero-order valence-corrected chi connectivity index (χ0v) is 4.96. The summed E-state index contributed by atoms with van der Waals surface area (Å²) in [5, 5.41) is 8.53. The molecular weight excluding hydrogens is 96.1 g/mol. The second kappa shape index (κ2) is 3.50. The van der Waals surface area contributed by atoms with Gasteiger partial charge in [0.05, 0.1) is 6.10 Å². The summed E-state index contributed by atoms with van der Waals surface area (Å²) >= 11 is 1.66. The fourth-order valence-electron chi connectivity index (χ4n) is 0.241. The Labute approximate surface area is 42.8 Å². The summed E-state index contributed by atoms with van der Waals surface area (Å²) in [5.74, 6) is 0.847. The van der Waals surface area contributed by atoms with Crippen molar-refractivity contribution in [3.05, 3.63) is 0 Å². The third-order valence-electron chi connectivity index (χ3n) is 0.408. The van der Waals surface area contributed by atoms with Gasteiger partial charge in [-0.1, -0.05) is 0 Å². The van der Waals surface area contributed by atoms with Crippen LogP contribution in [0.15, 0.2) is 0 Å². The van der Waals surface area contributed by atoms with Gasteiger partial charge in [-0.2, -0.15) is 11.8 Å². The van der Waals surface area contributed by atoms with Crippen LogP contribution in [0.2, 0.25) is 0 Å². The van der Waals surface area contributed by atoms with Gasteiger partial charge in [0.25, 0.3) is 0 Å². The van der Waals surface area contributed by atoms with E-state index >= 15 is 0 Å². The van der Waals surface area contributed by atoms with Crippen molar-refractivity contribution in [2.75, 3.05) is 12.0 Å². The fraction of sp³-hybridized carbons (Fsp3) is 1.00. The van der Waals surface area contributed by atoms with Gasteiger partial charge in [0, 0.05) is 5.75 Å². The minimum atomic E-state index is -0.139. The number of aliphatic hydroxyl groups is 1. The Hall–Kier alpha value is 0.310. The lowest BCUT2D eigenvalue weighted by Gasteiger charge is -1.95. The smallest absolute Gasteiger partial charge is 0.0602 e. The van der Waals surface area contributed by atoms with Crippen LogP contribution in [0.1, 0.15) is 6.92 Å². The largest absolute Gasteiger partial charge is 0.393 e. The van der Waals surface area contributed by atoms with Crippen LogP contribution in [0.4, 0.5) is 0 Å². The molecule has 38 valence electrons. The molecule has 0 bridgehead atoms. The zero-order valence-electron chi connectivity index (χ0n) is 4.14. The molecule has 0 aliphatic heterocycles. The predicted octanol–water partition coefficient (Wildman–Crippen LogP) is 0.730. The average molecular weight is 106 g/mol. The quantitative estimate of drug-likeness (QED) is 0.560. The lowest BCUT2D eigenvalue weighted by molar-refractivity contribution is 0.220. The lowest BCUT2D eigenvalue weighted by atomic mass is 10.5. The van der Waals surface area contributed by atoms with Crippen molar-refractivity contribution < 1.29 is 5.11 Å². The lowest BCUT2D eigenvalue weighted by Crippen LogP contribution is -2.01. The van der Waals surface area contributed by atoms with Crippen molar-refractivity contribution in [1.82, 2.24) is 0 Å². The minimum absolute atomic E-state index is 0.139. The van der Waals surface area contributed by atoms with Crippen molar-refractivity contribution in [3.8, 4) is 0 Å². The molecule has 0 saturated carbocycles. The number of thioether (sulfide) groups is 1. The maximum absolute atomic E-state index is 8.53. The third kappa shape index (κ3) is 4.31. The van der Waals surface area contributed by atoms with Crippen LogP contribution in [0.3, 0.4) is 0 Å². The molecule has 0 rings (SSSR count). The highest BCUT2D eigenvalue weighted by molar-refractivity contribution is 7.98. The molecule has 0 heterocycles. The van der Waals surface area contributed by atoms with Gasteiger partial charge in [0.15, 0.2) is 0 Å². The Bertz CT molecular complexity index is 28.7. The van der Waals surface area contributed by atoms with Gasteiger partial charge in [0.1, 0.15) is 0 Å². The van der Waals surface area contributed by atoms with E-state index in [1.165, 1.54) is 0 Å². The topological polar surface area (TPSA) is 20.2 Å². The maximum atomic E-state index is 8.53. The van der Waals surface area contributed by atoms with Gasteiger partial charge in [-0.3, -0.25) is 0 Å². The Kier molecular flexibility index (Phi) is 3.68. The molecule has 0 spiro atoms. The van der Waals surface area contributed by atoms with Crippen molar-refractivity contribution in [1.29, 1.82) is 0 Å². The highest BCUT2D eigenvalue weighted by Crippen LogP contribution is 1.93. The monoisotopic (exact) mass is 106 g/mol. The fourth-order valence-corrected chi connectivity index (χ4v) is 0.724. The van der Waals surface area contributed by atoms with E-state index in [1.807, 2.05) is 6.26 Å². The van der Waals surface area contributed by atoms with Crippen LogP contribution in [0, 0.1) is 0 Å². The van der Waals surface area contributed by atoms with Crippen LogP contribution in [0.5, 0.6) is 0 Å². The van der Waals surface area contributed by atoms with E-state index in [0.29, 0.717) is 0 Å². The van der Waals surface area contributed by atoms with Gasteiger partial charge in [-0.25, -0.2) is 0 Å². The Morgan fingerprint density at radius 3 is 2.33 bits per heavy atom. The molecule has 1 N–H and O–H groups in total. The molecule has 6 heavy (non-hydrogen) atoms. The van der Waals surface area contributed by atoms with E-state index in [0.717, 1.165) is 5.75 Å². The predicted molar refractivity (Wildman–Crippen MR) is 30.1 cm³/mol. The maximum Gasteiger partial charge on any atom is 0.0602 e. The van der Waals surface area contributed by atoms with E-state index in [4.69, 9.17) is 5.11 Å². The van der Waals surface area contributed by atoms with Gasteiger partial charge >= 0.3 is 0 Å². The molecule has 0 saturated heterocycles.